The molecule has 0 atom stereocenters. The van der Waals surface area contributed by atoms with E-state index in [1.165, 1.54) is 0 Å². The Kier molecular flexibility index (Phi) is 5.93. The molecule has 0 radical (unpaired) electrons. The zero-order chi connectivity index (χ0) is 21.6. The van der Waals surface area contributed by atoms with Gasteiger partial charge in [0.05, 0.1) is 12.7 Å². The van der Waals surface area contributed by atoms with E-state index in [9.17, 15) is 4.79 Å². The molecule has 7 heteroatoms. The third-order valence-electron chi connectivity index (χ3n) is 4.55. The van der Waals surface area contributed by atoms with Crippen LogP contribution >= 0.6 is 0 Å². The number of hydrogen-bond acceptors (Lipinski definition) is 6. The number of aryl methyl sites for hydroxylation is 1. The van der Waals surface area contributed by atoms with Gasteiger partial charge in [0, 0.05) is 11.3 Å². The standard InChI is InChI=1S/C24H21N3O4/c1-16-6-5-7-17(14-16)23-26-24(31-27-23)20-8-3-4-9-21(20)30-15-22(28)25-18-10-12-19(29-2)13-11-18/h3-14H,15H2,1-2H3,(H,25,28). The lowest BCUT2D eigenvalue weighted by Gasteiger charge is -2.10. The van der Waals surface area contributed by atoms with Crippen molar-refractivity contribution < 1.29 is 18.8 Å². The Balaban J connectivity index is 1.45. The fourth-order valence-corrected chi connectivity index (χ4v) is 3.02. The van der Waals surface area contributed by atoms with E-state index in [4.69, 9.17) is 14.0 Å². The van der Waals surface area contributed by atoms with Crippen molar-refractivity contribution in [2.45, 2.75) is 6.92 Å². The van der Waals surface area contributed by atoms with Crippen LogP contribution in [0.3, 0.4) is 0 Å². The first-order valence-electron chi connectivity index (χ1n) is 9.69. The molecule has 3 aromatic carbocycles. The van der Waals surface area contributed by atoms with Gasteiger partial charge in [-0.1, -0.05) is 41.1 Å². The predicted molar refractivity (Wildman–Crippen MR) is 117 cm³/mol. The number of carbonyl (C=O) groups is 1. The third kappa shape index (κ3) is 4.90. The lowest BCUT2D eigenvalue weighted by Crippen LogP contribution is -2.20. The Labute approximate surface area is 179 Å². The fraction of sp³-hybridized carbons (Fsp3) is 0.125. The van der Waals surface area contributed by atoms with Crippen LogP contribution in [0.25, 0.3) is 22.8 Å². The second-order valence-corrected chi connectivity index (χ2v) is 6.85. The van der Waals surface area contributed by atoms with Crippen molar-refractivity contribution in [3.05, 3.63) is 78.4 Å². The van der Waals surface area contributed by atoms with Crippen molar-refractivity contribution >= 4 is 11.6 Å². The molecular formula is C24H21N3O4. The molecule has 0 fully saturated rings. The van der Waals surface area contributed by atoms with Gasteiger partial charge in [0.25, 0.3) is 11.8 Å². The number of para-hydroxylation sites is 1. The van der Waals surface area contributed by atoms with E-state index in [0.717, 1.165) is 11.1 Å². The molecule has 1 aromatic heterocycles. The highest BCUT2D eigenvalue weighted by molar-refractivity contribution is 5.92. The minimum Gasteiger partial charge on any atom is -0.497 e. The Morgan fingerprint density at radius 1 is 1.03 bits per heavy atom. The van der Waals surface area contributed by atoms with Gasteiger partial charge in [-0.15, -0.1) is 0 Å². The molecule has 0 aliphatic carbocycles. The Bertz CT molecular complexity index is 1190. The summed E-state index contributed by atoms with van der Waals surface area (Å²) in [5.74, 6) is 1.72. The summed E-state index contributed by atoms with van der Waals surface area (Å²) in [6.45, 7) is 1.84. The summed E-state index contributed by atoms with van der Waals surface area (Å²) in [4.78, 5) is 16.8. The van der Waals surface area contributed by atoms with E-state index in [1.807, 2.05) is 49.4 Å². The number of carbonyl (C=O) groups excluding carboxylic acids is 1. The molecule has 4 rings (SSSR count). The second-order valence-electron chi connectivity index (χ2n) is 6.85. The smallest absolute Gasteiger partial charge is 0.262 e. The minimum atomic E-state index is -0.286. The summed E-state index contributed by atoms with van der Waals surface area (Å²) in [6.07, 6.45) is 0. The molecule has 0 unspecified atom stereocenters. The van der Waals surface area contributed by atoms with Crippen LogP contribution in [0.5, 0.6) is 11.5 Å². The van der Waals surface area contributed by atoms with E-state index >= 15 is 0 Å². The second kappa shape index (κ2) is 9.13. The first-order chi connectivity index (χ1) is 15.1. The quantitative estimate of drug-likeness (QED) is 0.469. The molecule has 1 amide bonds. The lowest BCUT2D eigenvalue weighted by molar-refractivity contribution is -0.118. The van der Waals surface area contributed by atoms with Gasteiger partial charge in [-0.25, -0.2) is 0 Å². The number of rotatable bonds is 7. The fourth-order valence-electron chi connectivity index (χ4n) is 3.02. The molecule has 1 N–H and O–H groups in total. The number of nitrogens with one attached hydrogen (secondary N) is 1. The van der Waals surface area contributed by atoms with Crippen LogP contribution in [0.2, 0.25) is 0 Å². The molecule has 4 aromatic rings. The van der Waals surface area contributed by atoms with Crippen molar-refractivity contribution in [1.82, 2.24) is 10.1 Å². The number of methoxy groups -OCH3 is 1. The van der Waals surface area contributed by atoms with E-state index in [1.54, 1.807) is 37.4 Å². The molecule has 0 saturated carbocycles. The third-order valence-corrected chi connectivity index (χ3v) is 4.55. The SMILES string of the molecule is COc1ccc(NC(=O)COc2ccccc2-c2nc(-c3cccc(C)c3)no2)cc1. The van der Waals surface area contributed by atoms with Crippen molar-refractivity contribution in [1.29, 1.82) is 0 Å². The van der Waals surface area contributed by atoms with Crippen molar-refractivity contribution in [2.75, 3.05) is 19.0 Å². The van der Waals surface area contributed by atoms with Gasteiger partial charge in [-0.2, -0.15) is 4.98 Å². The molecule has 0 aliphatic heterocycles. The van der Waals surface area contributed by atoms with Gasteiger partial charge in [0.15, 0.2) is 6.61 Å². The number of hydrogen-bond donors (Lipinski definition) is 1. The number of aromatic nitrogens is 2. The topological polar surface area (TPSA) is 86.5 Å². The number of nitrogens with zero attached hydrogens (tertiary/aromatic N) is 2. The summed E-state index contributed by atoms with van der Waals surface area (Å²) < 4.78 is 16.3. The largest absolute Gasteiger partial charge is 0.497 e. The molecule has 0 saturated heterocycles. The molecule has 0 bridgehead atoms. The summed E-state index contributed by atoms with van der Waals surface area (Å²) in [5, 5.41) is 6.86. The summed E-state index contributed by atoms with van der Waals surface area (Å²) >= 11 is 0. The van der Waals surface area contributed by atoms with Crippen molar-refractivity contribution in [3.63, 3.8) is 0 Å². The van der Waals surface area contributed by atoms with Crippen LogP contribution in [0.4, 0.5) is 5.69 Å². The zero-order valence-electron chi connectivity index (χ0n) is 17.2. The van der Waals surface area contributed by atoms with E-state index < -0.39 is 0 Å². The van der Waals surface area contributed by atoms with Crippen LogP contribution < -0.4 is 14.8 Å². The van der Waals surface area contributed by atoms with Crippen LogP contribution in [0, 0.1) is 6.92 Å². The molecule has 31 heavy (non-hydrogen) atoms. The normalized spacial score (nSPS) is 10.5. The molecule has 0 aliphatic rings. The number of anilines is 1. The highest BCUT2D eigenvalue weighted by Crippen LogP contribution is 2.30. The molecule has 1 heterocycles. The van der Waals surface area contributed by atoms with Gasteiger partial charge >= 0.3 is 0 Å². The maximum atomic E-state index is 12.3. The van der Waals surface area contributed by atoms with Crippen molar-refractivity contribution in [2.24, 2.45) is 0 Å². The van der Waals surface area contributed by atoms with Gasteiger partial charge in [-0.05, 0) is 49.4 Å². The number of ether oxygens (including phenoxy) is 2. The molecule has 156 valence electrons. The highest BCUT2D eigenvalue weighted by atomic mass is 16.5. The van der Waals surface area contributed by atoms with Crippen LogP contribution in [0.1, 0.15) is 5.56 Å². The van der Waals surface area contributed by atoms with Gasteiger partial charge in [-0.3, -0.25) is 4.79 Å². The van der Waals surface area contributed by atoms with Gasteiger partial charge in [0.2, 0.25) is 5.82 Å². The van der Waals surface area contributed by atoms with Crippen LogP contribution in [-0.2, 0) is 4.79 Å². The van der Waals surface area contributed by atoms with Gasteiger partial charge in [0.1, 0.15) is 11.5 Å². The van der Waals surface area contributed by atoms with Crippen molar-refractivity contribution in [3.8, 4) is 34.3 Å². The van der Waals surface area contributed by atoms with Gasteiger partial charge < -0.3 is 19.3 Å². The first kappa shape index (κ1) is 20.2. The summed E-state index contributed by atoms with van der Waals surface area (Å²) in [6, 6.07) is 22.1. The van der Waals surface area contributed by atoms with E-state index in [-0.39, 0.29) is 12.5 Å². The molecule has 0 spiro atoms. The average Bonchev–Trinajstić information content (AvgIpc) is 3.29. The lowest BCUT2D eigenvalue weighted by atomic mass is 10.1. The predicted octanol–water partition coefficient (Wildman–Crippen LogP) is 4.74. The summed E-state index contributed by atoms with van der Waals surface area (Å²) in [5.41, 5.74) is 3.25. The molecule has 7 nitrogen and oxygen atoms in total. The molecular weight excluding hydrogens is 394 g/mol. The Morgan fingerprint density at radius 3 is 2.61 bits per heavy atom. The number of benzene rings is 3. The monoisotopic (exact) mass is 415 g/mol. The maximum Gasteiger partial charge on any atom is 0.262 e. The van der Waals surface area contributed by atoms with E-state index in [2.05, 4.69) is 15.5 Å². The summed E-state index contributed by atoms with van der Waals surface area (Å²) in [7, 11) is 1.59. The average molecular weight is 415 g/mol. The Hall–Kier alpha value is -4.13. The van der Waals surface area contributed by atoms with Crippen LogP contribution in [0.15, 0.2) is 77.3 Å². The van der Waals surface area contributed by atoms with E-state index in [0.29, 0.717) is 34.5 Å². The maximum absolute atomic E-state index is 12.3. The first-order valence-corrected chi connectivity index (χ1v) is 9.69. The Morgan fingerprint density at radius 2 is 1.84 bits per heavy atom. The minimum absolute atomic E-state index is 0.165. The highest BCUT2D eigenvalue weighted by Gasteiger charge is 2.16. The zero-order valence-corrected chi connectivity index (χ0v) is 17.2. The number of amides is 1. The van der Waals surface area contributed by atoms with Crippen LogP contribution in [-0.4, -0.2) is 29.8 Å².